The van der Waals surface area contributed by atoms with Gasteiger partial charge in [-0.3, -0.25) is 14.5 Å². The zero-order valence-corrected chi connectivity index (χ0v) is 16.7. The lowest BCUT2D eigenvalue weighted by molar-refractivity contribution is -0.133. The van der Waals surface area contributed by atoms with Crippen LogP contribution in [0.1, 0.15) is 18.9 Å². The number of imide groups is 1. The van der Waals surface area contributed by atoms with E-state index in [-0.39, 0.29) is 12.5 Å². The number of carbonyl (C=O) groups is 3. The SMILES string of the molecule is C[C@@]1(CCc2ccccc2)NC(=O)N(CC(=O)Nc2ccc3ccccc3c2)C1=O. The molecule has 0 bridgehead atoms. The molecule has 1 atom stereocenters. The van der Waals surface area contributed by atoms with E-state index in [0.29, 0.717) is 18.5 Å². The molecule has 3 aromatic rings. The molecular formula is C24H23N3O3. The normalized spacial score (nSPS) is 18.5. The maximum absolute atomic E-state index is 12.9. The number of anilines is 1. The number of hydrogen-bond acceptors (Lipinski definition) is 3. The summed E-state index contributed by atoms with van der Waals surface area (Å²) < 4.78 is 0. The van der Waals surface area contributed by atoms with E-state index in [2.05, 4.69) is 10.6 Å². The van der Waals surface area contributed by atoms with Crippen molar-refractivity contribution in [3.63, 3.8) is 0 Å². The third-order valence-electron chi connectivity index (χ3n) is 5.44. The van der Waals surface area contributed by atoms with Crippen molar-refractivity contribution in [1.29, 1.82) is 0 Å². The molecule has 4 rings (SSSR count). The molecule has 1 aliphatic heterocycles. The van der Waals surface area contributed by atoms with Gasteiger partial charge < -0.3 is 10.6 Å². The van der Waals surface area contributed by atoms with Gasteiger partial charge in [-0.1, -0.05) is 60.7 Å². The largest absolute Gasteiger partial charge is 0.325 e. The summed E-state index contributed by atoms with van der Waals surface area (Å²) in [5.74, 6) is -0.793. The zero-order valence-electron chi connectivity index (χ0n) is 16.7. The first-order chi connectivity index (χ1) is 14.4. The van der Waals surface area contributed by atoms with Gasteiger partial charge in [0.2, 0.25) is 5.91 Å². The van der Waals surface area contributed by atoms with Crippen LogP contribution < -0.4 is 10.6 Å². The monoisotopic (exact) mass is 401 g/mol. The van der Waals surface area contributed by atoms with E-state index in [9.17, 15) is 14.4 Å². The summed E-state index contributed by atoms with van der Waals surface area (Å²) in [4.78, 5) is 38.8. The van der Waals surface area contributed by atoms with Crippen molar-refractivity contribution in [3.8, 4) is 0 Å². The van der Waals surface area contributed by atoms with Crippen molar-refractivity contribution < 1.29 is 14.4 Å². The molecular weight excluding hydrogens is 378 g/mol. The minimum atomic E-state index is -1.02. The molecule has 1 fully saturated rings. The van der Waals surface area contributed by atoms with Gasteiger partial charge in [0.1, 0.15) is 12.1 Å². The molecule has 0 unspecified atom stereocenters. The fourth-order valence-corrected chi connectivity index (χ4v) is 3.71. The van der Waals surface area contributed by atoms with Crippen LogP contribution in [0.3, 0.4) is 0 Å². The molecule has 4 amide bonds. The van der Waals surface area contributed by atoms with Crippen LogP contribution in [-0.4, -0.2) is 34.8 Å². The third kappa shape index (κ3) is 4.03. The predicted octanol–water partition coefficient (Wildman–Crippen LogP) is 3.72. The average molecular weight is 401 g/mol. The summed E-state index contributed by atoms with van der Waals surface area (Å²) in [5.41, 5.74) is 0.696. The van der Waals surface area contributed by atoms with E-state index in [4.69, 9.17) is 0 Å². The second kappa shape index (κ2) is 7.99. The van der Waals surface area contributed by atoms with Gasteiger partial charge >= 0.3 is 6.03 Å². The van der Waals surface area contributed by atoms with Crippen LogP contribution in [0.4, 0.5) is 10.5 Å². The minimum Gasteiger partial charge on any atom is -0.325 e. The number of aryl methyl sites for hydroxylation is 1. The van der Waals surface area contributed by atoms with Crippen LogP contribution >= 0.6 is 0 Å². The highest BCUT2D eigenvalue weighted by atomic mass is 16.2. The van der Waals surface area contributed by atoms with Crippen molar-refractivity contribution in [3.05, 3.63) is 78.4 Å². The van der Waals surface area contributed by atoms with Crippen LogP contribution in [0, 0.1) is 0 Å². The van der Waals surface area contributed by atoms with Gasteiger partial charge in [0.25, 0.3) is 5.91 Å². The Balaban J connectivity index is 1.40. The molecule has 1 heterocycles. The maximum atomic E-state index is 12.9. The molecule has 2 N–H and O–H groups in total. The first-order valence-corrected chi connectivity index (χ1v) is 9.91. The number of amides is 4. The average Bonchev–Trinajstić information content (AvgIpc) is 2.96. The zero-order chi connectivity index (χ0) is 21.1. The van der Waals surface area contributed by atoms with Gasteiger partial charge in [-0.05, 0) is 48.2 Å². The Labute approximate surface area is 174 Å². The number of urea groups is 1. The van der Waals surface area contributed by atoms with Crippen LogP contribution in [0.2, 0.25) is 0 Å². The van der Waals surface area contributed by atoms with Crippen LogP contribution in [-0.2, 0) is 16.0 Å². The predicted molar refractivity (Wildman–Crippen MR) is 116 cm³/mol. The van der Waals surface area contributed by atoms with E-state index in [1.807, 2.05) is 66.7 Å². The minimum absolute atomic E-state index is 0.321. The summed E-state index contributed by atoms with van der Waals surface area (Å²) >= 11 is 0. The van der Waals surface area contributed by atoms with Crippen molar-refractivity contribution in [1.82, 2.24) is 10.2 Å². The highest BCUT2D eigenvalue weighted by Gasteiger charge is 2.47. The lowest BCUT2D eigenvalue weighted by Gasteiger charge is -2.21. The highest BCUT2D eigenvalue weighted by molar-refractivity contribution is 6.10. The van der Waals surface area contributed by atoms with Gasteiger partial charge in [-0.25, -0.2) is 4.79 Å². The highest BCUT2D eigenvalue weighted by Crippen LogP contribution is 2.24. The van der Waals surface area contributed by atoms with Crippen LogP contribution in [0.5, 0.6) is 0 Å². The summed E-state index contributed by atoms with van der Waals surface area (Å²) in [6.07, 6.45) is 1.12. The molecule has 0 spiro atoms. The Morgan fingerprint density at radius 3 is 2.43 bits per heavy atom. The Kier molecular flexibility index (Phi) is 5.23. The number of carbonyl (C=O) groups excluding carboxylic acids is 3. The van der Waals surface area contributed by atoms with Crippen molar-refractivity contribution in [2.75, 3.05) is 11.9 Å². The van der Waals surface area contributed by atoms with Gasteiger partial charge in [0, 0.05) is 5.69 Å². The van der Waals surface area contributed by atoms with Crippen LogP contribution in [0.25, 0.3) is 10.8 Å². The Morgan fingerprint density at radius 1 is 0.967 bits per heavy atom. The van der Waals surface area contributed by atoms with E-state index < -0.39 is 17.5 Å². The molecule has 1 aliphatic rings. The molecule has 152 valence electrons. The maximum Gasteiger partial charge on any atom is 0.325 e. The number of hydrogen-bond donors (Lipinski definition) is 2. The number of nitrogens with one attached hydrogen (secondary N) is 2. The summed E-state index contributed by atoms with van der Waals surface area (Å²) in [6.45, 7) is 1.38. The van der Waals surface area contributed by atoms with Gasteiger partial charge in [-0.15, -0.1) is 0 Å². The van der Waals surface area contributed by atoms with Crippen molar-refractivity contribution >= 4 is 34.3 Å². The van der Waals surface area contributed by atoms with Crippen LogP contribution in [0.15, 0.2) is 72.8 Å². The number of nitrogens with zero attached hydrogens (tertiary/aromatic N) is 1. The quantitative estimate of drug-likeness (QED) is 0.618. The number of benzene rings is 3. The molecule has 0 aromatic heterocycles. The van der Waals surface area contributed by atoms with Gasteiger partial charge in [0.15, 0.2) is 0 Å². The molecule has 0 radical (unpaired) electrons. The Bertz CT molecular complexity index is 1110. The smallest absolute Gasteiger partial charge is 0.325 e. The standard InChI is InChI=1S/C24H23N3O3/c1-24(14-13-17-7-3-2-4-8-17)22(29)27(23(30)26-24)16-21(28)25-20-12-11-18-9-5-6-10-19(18)15-20/h2-12,15H,13-14,16H2,1H3,(H,25,28)(H,26,30)/t24-/m0/s1. The van der Waals surface area contributed by atoms with Crippen molar-refractivity contribution in [2.45, 2.75) is 25.3 Å². The fourth-order valence-electron chi connectivity index (χ4n) is 3.71. The van der Waals surface area contributed by atoms with E-state index >= 15 is 0 Å². The summed E-state index contributed by atoms with van der Waals surface area (Å²) in [5, 5.41) is 7.59. The Morgan fingerprint density at radius 2 is 1.67 bits per heavy atom. The molecule has 6 nitrogen and oxygen atoms in total. The molecule has 0 saturated carbocycles. The van der Waals surface area contributed by atoms with Gasteiger partial charge in [-0.2, -0.15) is 0 Å². The van der Waals surface area contributed by atoms with Crippen molar-refractivity contribution in [2.24, 2.45) is 0 Å². The Hall–Kier alpha value is -3.67. The lowest BCUT2D eigenvalue weighted by Crippen LogP contribution is -2.45. The molecule has 30 heavy (non-hydrogen) atoms. The van der Waals surface area contributed by atoms with Gasteiger partial charge in [0.05, 0.1) is 0 Å². The fraction of sp³-hybridized carbons (Fsp3) is 0.208. The second-order valence-corrected chi connectivity index (χ2v) is 7.75. The first-order valence-electron chi connectivity index (χ1n) is 9.91. The third-order valence-corrected chi connectivity index (χ3v) is 5.44. The second-order valence-electron chi connectivity index (χ2n) is 7.75. The molecule has 6 heteroatoms. The number of rotatable bonds is 6. The molecule has 0 aliphatic carbocycles. The first kappa shape index (κ1) is 19.6. The van der Waals surface area contributed by atoms with E-state index in [1.165, 1.54) is 0 Å². The summed E-state index contributed by atoms with van der Waals surface area (Å²) in [6, 6.07) is 22.7. The summed E-state index contributed by atoms with van der Waals surface area (Å²) in [7, 11) is 0. The number of fused-ring (bicyclic) bond motifs is 1. The molecule has 1 saturated heterocycles. The molecule has 3 aromatic carbocycles. The van der Waals surface area contributed by atoms with E-state index in [0.717, 1.165) is 21.2 Å². The lowest BCUT2D eigenvalue weighted by atomic mass is 9.93. The van der Waals surface area contributed by atoms with E-state index in [1.54, 1.807) is 13.0 Å². The topological polar surface area (TPSA) is 78.5 Å².